The van der Waals surface area contributed by atoms with E-state index in [0.717, 1.165) is 30.6 Å². The highest BCUT2D eigenvalue weighted by molar-refractivity contribution is 9.10. The summed E-state index contributed by atoms with van der Waals surface area (Å²) in [6.45, 7) is 9.23. The Morgan fingerprint density at radius 1 is 1.35 bits per heavy atom. The normalized spacial score (nSPS) is 11.7. The summed E-state index contributed by atoms with van der Waals surface area (Å²) in [5.41, 5.74) is 2.74. The van der Waals surface area contributed by atoms with Crippen LogP contribution in [-0.4, -0.2) is 32.8 Å². The summed E-state index contributed by atoms with van der Waals surface area (Å²) in [6, 6.07) is 6.49. The summed E-state index contributed by atoms with van der Waals surface area (Å²) in [5, 5.41) is 3.42. The predicted octanol–water partition coefficient (Wildman–Crippen LogP) is 3.81. The maximum Gasteiger partial charge on any atom is 0.0587 e. The quantitative estimate of drug-likeness (QED) is 0.727. The van der Waals surface area contributed by atoms with Crippen molar-refractivity contribution in [3.63, 3.8) is 0 Å². The van der Waals surface area contributed by atoms with Crippen LogP contribution in [0, 0.1) is 0 Å². The average Bonchev–Trinajstić information content (AvgIpc) is 2.43. The number of hydrogen-bond donors (Lipinski definition) is 1. The van der Waals surface area contributed by atoms with E-state index in [2.05, 4.69) is 72.2 Å². The molecular formula is C16H27BrN2O. The lowest BCUT2D eigenvalue weighted by Crippen LogP contribution is -2.41. The number of nitrogens with one attached hydrogen (secondary N) is 1. The van der Waals surface area contributed by atoms with Crippen molar-refractivity contribution in [2.45, 2.75) is 39.3 Å². The van der Waals surface area contributed by atoms with Crippen LogP contribution >= 0.6 is 15.9 Å². The number of halogens is 1. The summed E-state index contributed by atoms with van der Waals surface area (Å²) in [7, 11) is 3.90. The minimum Gasteiger partial charge on any atom is -0.383 e. The topological polar surface area (TPSA) is 24.5 Å². The Balaban J connectivity index is 2.89. The number of anilines is 1. The highest BCUT2D eigenvalue weighted by Crippen LogP contribution is 2.30. The van der Waals surface area contributed by atoms with Gasteiger partial charge in [0.05, 0.1) is 6.61 Å². The lowest BCUT2D eigenvalue weighted by molar-refractivity contribution is 0.199. The van der Waals surface area contributed by atoms with E-state index < -0.39 is 0 Å². The fourth-order valence-corrected chi connectivity index (χ4v) is 2.39. The van der Waals surface area contributed by atoms with Gasteiger partial charge in [-0.3, -0.25) is 0 Å². The monoisotopic (exact) mass is 342 g/mol. The molecule has 0 aromatic heterocycles. The molecule has 0 amide bonds. The minimum atomic E-state index is 0.148. The van der Waals surface area contributed by atoms with Crippen LogP contribution in [0.4, 0.5) is 5.69 Å². The van der Waals surface area contributed by atoms with E-state index in [1.165, 1.54) is 11.3 Å². The van der Waals surface area contributed by atoms with Gasteiger partial charge in [0, 0.05) is 42.9 Å². The van der Waals surface area contributed by atoms with Crippen molar-refractivity contribution in [1.29, 1.82) is 0 Å². The third kappa shape index (κ3) is 4.76. The molecule has 0 saturated heterocycles. The van der Waals surface area contributed by atoms with Crippen LogP contribution in [0.1, 0.15) is 32.8 Å². The van der Waals surface area contributed by atoms with Crippen molar-refractivity contribution in [3.05, 3.63) is 28.2 Å². The third-order valence-corrected chi connectivity index (χ3v) is 4.47. The zero-order valence-electron chi connectivity index (χ0n) is 13.3. The zero-order valence-corrected chi connectivity index (χ0v) is 14.9. The van der Waals surface area contributed by atoms with Gasteiger partial charge in [0.15, 0.2) is 0 Å². The number of ether oxygens (including phenoxy) is 1. The Morgan fingerprint density at radius 2 is 2.05 bits per heavy atom. The van der Waals surface area contributed by atoms with E-state index in [-0.39, 0.29) is 5.54 Å². The average molecular weight is 343 g/mol. The second kappa shape index (κ2) is 8.01. The lowest BCUT2D eigenvalue weighted by Gasteiger charge is -2.38. The molecule has 4 heteroatoms. The van der Waals surface area contributed by atoms with Crippen LogP contribution in [0.5, 0.6) is 0 Å². The molecule has 1 rings (SSSR count). The molecule has 0 saturated carbocycles. The molecule has 0 radical (unpaired) electrons. The van der Waals surface area contributed by atoms with E-state index in [1.54, 1.807) is 7.11 Å². The Morgan fingerprint density at radius 3 is 2.65 bits per heavy atom. The molecule has 0 atom stereocenters. The summed E-state index contributed by atoms with van der Waals surface area (Å²) in [6.07, 6.45) is 1.11. The molecule has 0 aliphatic heterocycles. The molecule has 0 spiro atoms. The molecule has 0 bridgehead atoms. The molecule has 20 heavy (non-hydrogen) atoms. The number of benzene rings is 1. The fourth-order valence-electron chi connectivity index (χ4n) is 1.98. The lowest BCUT2D eigenvalue weighted by atomic mass is 9.98. The van der Waals surface area contributed by atoms with Crippen LogP contribution in [0.15, 0.2) is 22.7 Å². The molecule has 1 N–H and O–H groups in total. The zero-order chi connectivity index (χ0) is 15.2. The SMILES string of the molecule is CCC(C)(C)N(C)c1ccc(Br)cc1CNCCOC. The van der Waals surface area contributed by atoms with Gasteiger partial charge in [0.2, 0.25) is 0 Å². The molecule has 0 aliphatic rings. The van der Waals surface area contributed by atoms with Gasteiger partial charge >= 0.3 is 0 Å². The highest BCUT2D eigenvalue weighted by atomic mass is 79.9. The molecule has 3 nitrogen and oxygen atoms in total. The van der Waals surface area contributed by atoms with E-state index in [0.29, 0.717) is 0 Å². The van der Waals surface area contributed by atoms with Gasteiger partial charge in [0.25, 0.3) is 0 Å². The number of methoxy groups -OCH3 is 1. The first-order valence-electron chi connectivity index (χ1n) is 7.14. The maximum atomic E-state index is 5.07. The molecule has 0 unspecified atom stereocenters. The maximum absolute atomic E-state index is 5.07. The summed E-state index contributed by atoms with van der Waals surface area (Å²) in [4.78, 5) is 2.37. The Bertz CT molecular complexity index is 421. The van der Waals surface area contributed by atoms with E-state index in [4.69, 9.17) is 4.74 Å². The first-order chi connectivity index (χ1) is 9.42. The smallest absolute Gasteiger partial charge is 0.0587 e. The van der Waals surface area contributed by atoms with Crippen molar-refractivity contribution >= 4 is 21.6 Å². The second-order valence-corrected chi connectivity index (χ2v) is 6.58. The number of nitrogens with zero attached hydrogens (tertiary/aromatic N) is 1. The Kier molecular flexibility index (Phi) is 7.00. The van der Waals surface area contributed by atoms with Crippen molar-refractivity contribution in [3.8, 4) is 0 Å². The fraction of sp³-hybridized carbons (Fsp3) is 0.625. The Hall–Kier alpha value is -0.580. The van der Waals surface area contributed by atoms with E-state index >= 15 is 0 Å². The van der Waals surface area contributed by atoms with E-state index in [1.807, 2.05) is 0 Å². The molecule has 1 aromatic carbocycles. The van der Waals surface area contributed by atoms with Crippen molar-refractivity contribution in [2.24, 2.45) is 0 Å². The van der Waals surface area contributed by atoms with Gasteiger partial charge in [-0.1, -0.05) is 22.9 Å². The Labute approximate surface area is 131 Å². The van der Waals surface area contributed by atoms with Gasteiger partial charge in [-0.25, -0.2) is 0 Å². The first-order valence-corrected chi connectivity index (χ1v) is 7.93. The van der Waals surface area contributed by atoms with Crippen molar-refractivity contribution in [2.75, 3.05) is 32.2 Å². The molecule has 114 valence electrons. The predicted molar refractivity (Wildman–Crippen MR) is 90.5 cm³/mol. The number of hydrogen-bond acceptors (Lipinski definition) is 3. The van der Waals surface area contributed by atoms with Gasteiger partial charge in [-0.15, -0.1) is 0 Å². The minimum absolute atomic E-state index is 0.148. The molecule has 0 fully saturated rings. The third-order valence-electron chi connectivity index (χ3n) is 3.97. The standard InChI is InChI=1S/C16H27BrN2O/c1-6-16(2,3)19(4)15-8-7-14(17)11-13(15)12-18-9-10-20-5/h7-8,11,18H,6,9-10,12H2,1-5H3. The van der Waals surface area contributed by atoms with Crippen LogP contribution < -0.4 is 10.2 Å². The van der Waals surface area contributed by atoms with Crippen LogP contribution in [0.25, 0.3) is 0 Å². The molecule has 0 heterocycles. The van der Waals surface area contributed by atoms with Crippen molar-refractivity contribution in [1.82, 2.24) is 5.32 Å². The van der Waals surface area contributed by atoms with Crippen molar-refractivity contribution < 1.29 is 4.74 Å². The molecule has 1 aromatic rings. The van der Waals surface area contributed by atoms with Crippen LogP contribution in [0.3, 0.4) is 0 Å². The van der Waals surface area contributed by atoms with E-state index in [9.17, 15) is 0 Å². The molecular weight excluding hydrogens is 316 g/mol. The largest absolute Gasteiger partial charge is 0.383 e. The number of rotatable bonds is 8. The first kappa shape index (κ1) is 17.5. The summed E-state index contributed by atoms with van der Waals surface area (Å²) >= 11 is 3.56. The van der Waals surface area contributed by atoms with Crippen LogP contribution in [-0.2, 0) is 11.3 Å². The second-order valence-electron chi connectivity index (χ2n) is 5.67. The van der Waals surface area contributed by atoms with Gasteiger partial charge in [-0.05, 0) is 44.0 Å². The van der Waals surface area contributed by atoms with Crippen LogP contribution in [0.2, 0.25) is 0 Å². The summed E-state index contributed by atoms with van der Waals surface area (Å²) < 4.78 is 6.19. The van der Waals surface area contributed by atoms with Gasteiger partial charge in [-0.2, -0.15) is 0 Å². The van der Waals surface area contributed by atoms with Gasteiger partial charge in [0.1, 0.15) is 0 Å². The molecule has 0 aliphatic carbocycles. The summed E-state index contributed by atoms with van der Waals surface area (Å²) in [5.74, 6) is 0. The van der Waals surface area contributed by atoms with Gasteiger partial charge < -0.3 is 15.0 Å². The highest BCUT2D eigenvalue weighted by Gasteiger charge is 2.23.